The number of aryl methyl sites for hydroxylation is 1. The molecule has 1 atom stereocenters. The van der Waals surface area contributed by atoms with Crippen LogP contribution in [0, 0.1) is 0 Å². The van der Waals surface area contributed by atoms with Gasteiger partial charge in [0.25, 0.3) is 0 Å². The minimum atomic E-state index is -0.807. The molecule has 0 aromatic heterocycles. The second-order valence-corrected chi connectivity index (χ2v) is 5.63. The molecule has 4 nitrogen and oxygen atoms in total. The fourth-order valence-corrected chi connectivity index (χ4v) is 2.30. The van der Waals surface area contributed by atoms with Crippen molar-refractivity contribution in [2.24, 2.45) is 0 Å². The third kappa shape index (κ3) is 4.13. The maximum atomic E-state index is 10.7. The predicted octanol–water partition coefficient (Wildman–Crippen LogP) is 3.02. The Balaban J connectivity index is 1.91. The Bertz CT molecular complexity index is 447. The highest BCUT2D eigenvalue weighted by Crippen LogP contribution is 2.30. The Morgan fingerprint density at radius 1 is 1.32 bits per heavy atom. The van der Waals surface area contributed by atoms with Gasteiger partial charge in [0.05, 0.1) is 13.2 Å². The van der Waals surface area contributed by atoms with Crippen molar-refractivity contribution in [1.82, 2.24) is 0 Å². The van der Waals surface area contributed by atoms with Crippen LogP contribution in [-0.4, -0.2) is 29.1 Å². The van der Waals surface area contributed by atoms with Crippen molar-refractivity contribution in [2.45, 2.75) is 30.5 Å². The molecule has 0 saturated heterocycles. The number of ether oxygens (including phenoxy) is 2. The van der Waals surface area contributed by atoms with Crippen LogP contribution in [0.5, 0.6) is 11.5 Å². The molecule has 0 fully saturated rings. The lowest BCUT2D eigenvalue weighted by Crippen LogP contribution is -2.12. The molecule has 1 aliphatic heterocycles. The molecule has 0 amide bonds. The summed E-state index contributed by atoms with van der Waals surface area (Å²) in [4.78, 5) is 10.2. The van der Waals surface area contributed by atoms with Crippen LogP contribution in [-0.2, 0) is 11.2 Å². The number of alkyl halides is 1. The zero-order chi connectivity index (χ0) is 13.7. The smallest absolute Gasteiger partial charge is 0.317 e. The van der Waals surface area contributed by atoms with Gasteiger partial charge in [-0.25, -0.2) is 0 Å². The lowest BCUT2D eigenvalue weighted by Gasteiger charge is -2.09. The topological polar surface area (TPSA) is 55.8 Å². The van der Waals surface area contributed by atoms with Gasteiger partial charge in [-0.3, -0.25) is 4.79 Å². The van der Waals surface area contributed by atoms with Gasteiger partial charge >= 0.3 is 5.97 Å². The Labute approximate surface area is 120 Å². The summed E-state index contributed by atoms with van der Waals surface area (Å²) >= 11 is 3.14. The van der Waals surface area contributed by atoms with Crippen LogP contribution in [0.1, 0.15) is 24.8 Å². The Kier molecular flexibility index (Phi) is 5.07. The molecular weight excluding hydrogens is 312 g/mol. The summed E-state index contributed by atoms with van der Waals surface area (Å²) in [5.41, 5.74) is 1.15. The van der Waals surface area contributed by atoms with Gasteiger partial charge in [0.1, 0.15) is 4.83 Å². The molecule has 5 heteroatoms. The molecule has 1 aliphatic rings. The van der Waals surface area contributed by atoms with Crippen molar-refractivity contribution in [3.05, 3.63) is 23.8 Å². The molecule has 0 spiro atoms. The SMILES string of the molecule is O=C(O)C(Br)CCCc1ccc2c(c1)OCCCO2. The van der Waals surface area contributed by atoms with Crippen molar-refractivity contribution in [1.29, 1.82) is 0 Å². The largest absolute Gasteiger partial charge is 0.490 e. The van der Waals surface area contributed by atoms with Gasteiger partial charge in [-0.1, -0.05) is 22.0 Å². The highest BCUT2D eigenvalue weighted by molar-refractivity contribution is 9.10. The Hall–Kier alpha value is -1.23. The van der Waals surface area contributed by atoms with Crippen LogP contribution in [0.4, 0.5) is 0 Å². The van der Waals surface area contributed by atoms with E-state index < -0.39 is 10.8 Å². The number of carboxylic acid groups (broad SMARTS) is 1. The molecule has 1 aromatic rings. The zero-order valence-corrected chi connectivity index (χ0v) is 12.2. The molecular formula is C14H17BrO4. The van der Waals surface area contributed by atoms with Crippen LogP contribution in [0.15, 0.2) is 18.2 Å². The minimum absolute atomic E-state index is 0.465. The first-order chi connectivity index (χ1) is 9.16. The molecule has 2 rings (SSSR count). The maximum absolute atomic E-state index is 10.7. The summed E-state index contributed by atoms with van der Waals surface area (Å²) in [6.07, 6.45) is 3.17. The molecule has 0 radical (unpaired) electrons. The molecule has 104 valence electrons. The Morgan fingerprint density at radius 2 is 2.05 bits per heavy atom. The highest BCUT2D eigenvalue weighted by atomic mass is 79.9. The number of aliphatic carboxylic acids is 1. The summed E-state index contributed by atoms with van der Waals surface area (Å²) in [6.45, 7) is 1.37. The van der Waals surface area contributed by atoms with Gasteiger partial charge in [0.15, 0.2) is 11.5 Å². The molecule has 1 aromatic carbocycles. The van der Waals surface area contributed by atoms with Gasteiger partial charge in [-0.05, 0) is 37.0 Å². The maximum Gasteiger partial charge on any atom is 0.317 e. The van der Waals surface area contributed by atoms with Crippen molar-refractivity contribution in [3.8, 4) is 11.5 Å². The van der Waals surface area contributed by atoms with E-state index in [9.17, 15) is 4.79 Å². The summed E-state index contributed by atoms with van der Waals surface area (Å²) in [6, 6.07) is 5.93. The van der Waals surface area contributed by atoms with Crippen molar-refractivity contribution in [2.75, 3.05) is 13.2 Å². The summed E-state index contributed by atoms with van der Waals surface area (Å²) < 4.78 is 11.2. The van der Waals surface area contributed by atoms with Gasteiger partial charge in [0, 0.05) is 6.42 Å². The highest BCUT2D eigenvalue weighted by Gasteiger charge is 2.13. The number of fused-ring (bicyclic) bond motifs is 1. The molecule has 1 heterocycles. The number of carbonyl (C=O) groups is 1. The van der Waals surface area contributed by atoms with Crippen LogP contribution < -0.4 is 9.47 Å². The molecule has 0 saturated carbocycles. The number of hydrogen-bond acceptors (Lipinski definition) is 3. The van der Waals surface area contributed by atoms with Crippen molar-refractivity contribution < 1.29 is 19.4 Å². The number of benzene rings is 1. The monoisotopic (exact) mass is 328 g/mol. The first-order valence-electron chi connectivity index (χ1n) is 6.42. The number of hydrogen-bond donors (Lipinski definition) is 1. The quantitative estimate of drug-likeness (QED) is 0.844. The third-order valence-corrected chi connectivity index (χ3v) is 3.85. The minimum Gasteiger partial charge on any atom is -0.490 e. The second-order valence-electron chi connectivity index (χ2n) is 4.53. The van der Waals surface area contributed by atoms with Gasteiger partial charge in [0.2, 0.25) is 0 Å². The van der Waals surface area contributed by atoms with E-state index in [1.165, 1.54) is 0 Å². The fourth-order valence-electron chi connectivity index (χ4n) is 1.97. The molecule has 0 bridgehead atoms. The van der Waals surface area contributed by atoms with Crippen LogP contribution in [0.3, 0.4) is 0 Å². The number of rotatable bonds is 5. The zero-order valence-electron chi connectivity index (χ0n) is 10.6. The lowest BCUT2D eigenvalue weighted by atomic mass is 10.1. The van der Waals surface area contributed by atoms with Gasteiger partial charge in [-0.15, -0.1) is 0 Å². The van der Waals surface area contributed by atoms with E-state index >= 15 is 0 Å². The molecule has 1 unspecified atom stereocenters. The van der Waals surface area contributed by atoms with Gasteiger partial charge < -0.3 is 14.6 Å². The normalized spacial score (nSPS) is 15.6. The summed E-state index contributed by atoms with van der Waals surface area (Å²) in [7, 11) is 0. The predicted molar refractivity (Wildman–Crippen MR) is 75.3 cm³/mol. The average Bonchev–Trinajstić information content (AvgIpc) is 2.63. The first kappa shape index (κ1) is 14.2. The third-order valence-electron chi connectivity index (χ3n) is 3.00. The van der Waals surface area contributed by atoms with E-state index in [0.29, 0.717) is 19.6 Å². The average molecular weight is 329 g/mol. The standard InChI is InChI=1S/C14H17BrO4/c15-11(14(16)17)4-1-3-10-5-6-12-13(9-10)19-8-2-7-18-12/h5-6,9,11H,1-4,7-8H2,(H,16,17). The van der Waals surface area contributed by atoms with E-state index in [2.05, 4.69) is 15.9 Å². The summed E-state index contributed by atoms with van der Waals surface area (Å²) in [5.74, 6) is 0.785. The van der Waals surface area contributed by atoms with Crippen LogP contribution in [0.2, 0.25) is 0 Å². The van der Waals surface area contributed by atoms with E-state index in [1.54, 1.807) is 0 Å². The van der Waals surface area contributed by atoms with E-state index in [4.69, 9.17) is 14.6 Å². The number of halogens is 1. The van der Waals surface area contributed by atoms with E-state index in [1.807, 2.05) is 18.2 Å². The van der Waals surface area contributed by atoms with Crippen LogP contribution in [0.25, 0.3) is 0 Å². The van der Waals surface area contributed by atoms with Crippen molar-refractivity contribution >= 4 is 21.9 Å². The molecule has 19 heavy (non-hydrogen) atoms. The lowest BCUT2D eigenvalue weighted by molar-refractivity contribution is -0.136. The van der Waals surface area contributed by atoms with Crippen molar-refractivity contribution in [3.63, 3.8) is 0 Å². The van der Waals surface area contributed by atoms with Crippen LogP contribution >= 0.6 is 15.9 Å². The molecule has 0 aliphatic carbocycles. The number of carboxylic acids is 1. The Morgan fingerprint density at radius 3 is 2.79 bits per heavy atom. The second kappa shape index (κ2) is 6.80. The van der Waals surface area contributed by atoms with E-state index in [-0.39, 0.29) is 0 Å². The fraction of sp³-hybridized carbons (Fsp3) is 0.500. The van der Waals surface area contributed by atoms with Gasteiger partial charge in [-0.2, -0.15) is 0 Å². The van der Waals surface area contributed by atoms with E-state index in [0.717, 1.165) is 36.3 Å². The first-order valence-corrected chi connectivity index (χ1v) is 7.34. The summed E-state index contributed by atoms with van der Waals surface area (Å²) in [5, 5.41) is 8.79. The molecule has 1 N–H and O–H groups in total.